The normalized spacial score (nSPS) is 11.7. The highest BCUT2D eigenvalue weighted by Gasteiger charge is 2.13. The van der Waals surface area contributed by atoms with Gasteiger partial charge in [-0.2, -0.15) is 0 Å². The van der Waals surface area contributed by atoms with Crippen LogP contribution in [0.15, 0.2) is 43.4 Å². The van der Waals surface area contributed by atoms with Crippen LogP contribution in [-0.2, 0) is 90.8 Å². The highest BCUT2D eigenvalue weighted by atomic mass is 15.5. The molecule has 0 spiro atoms. The fraction of sp³-hybridized carbons (Fsp3) is 0.873. The molecule has 0 fully saturated rings. The molecule has 0 aliphatic carbocycles. The van der Waals surface area contributed by atoms with E-state index in [1.165, 1.54) is 280 Å². The minimum absolute atomic E-state index is 0.635. The summed E-state index contributed by atoms with van der Waals surface area (Å²) in [4.78, 5) is 0. The van der Waals surface area contributed by atoms with E-state index in [2.05, 4.69) is 303 Å². The summed E-state index contributed by atoms with van der Waals surface area (Å²) < 4.78 is 14.4. The van der Waals surface area contributed by atoms with Crippen molar-refractivity contribution in [1.29, 1.82) is 0 Å². The average molecular weight is 1830 g/mol. The smallest absolute Gasteiger partial charge is 0.0827 e. The van der Waals surface area contributed by atoms with Crippen LogP contribution < -0.4 is 0 Å². The number of hydrogen-bond acceptors (Lipinski definition) is 14. The minimum atomic E-state index is 0.635. The summed E-state index contributed by atoms with van der Waals surface area (Å²) in [5.41, 5.74) is 8.69. The Kier molecular flexibility index (Phi) is 75.2. The fourth-order valence-corrected chi connectivity index (χ4v) is 15.5. The summed E-state index contributed by atoms with van der Waals surface area (Å²) in [5, 5.41) is 58.3. The minimum Gasteiger partial charge on any atom is -0.252 e. The molecule has 0 N–H and O–H groups in total. The Labute approximate surface area is 807 Å². The second-order valence-corrected chi connectivity index (χ2v) is 44.7. The molecular formula is C110H213N21. The third-order valence-corrected chi connectivity index (χ3v) is 24.1. The van der Waals surface area contributed by atoms with Crippen molar-refractivity contribution in [2.75, 3.05) is 0 Å². The largest absolute Gasteiger partial charge is 0.252 e. The van der Waals surface area contributed by atoms with E-state index >= 15 is 0 Å². The molecule has 0 unspecified atom stereocenters. The Morgan fingerprint density at radius 2 is 0.382 bits per heavy atom. The van der Waals surface area contributed by atoms with Crippen molar-refractivity contribution < 1.29 is 0 Å². The molecule has 7 aromatic heterocycles. The van der Waals surface area contributed by atoms with Crippen LogP contribution in [0.25, 0.3) is 0 Å². The van der Waals surface area contributed by atoms with Crippen LogP contribution in [0.1, 0.15) is 491 Å². The highest BCUT2D eigenvalue weighted by Crippen LogP contribution is 2.21. The van der Waals surface area contributed by atoms with E-state index in [-0.39, 0.29) is 0 Å². The monoisotopic (exact) mass is 1830 g/mol. The molecule has 0 bridgehead atoms. The molecule has 7 rings (SSSR count). The van der Waals surface area contributed by atoms with Crippen LogP contribution in [0, 0.1) is 82.9 Å². The number of aryl methyl sites for hydroxylation is 13. The van der Waals surface area contributed by atoms with Crippen molar-refractivity contribution >= 4 is 0 Å². The van der Waals surface area contributed by atoms with Gasteiger partial charge >= 0.3 is 0 Å². The summed E-state index contributed by atoms with van der Waals surface area (Å²) >= 11 is 0. The quantitative estimate of drug-likeness (QED) is 0.0324. The van der Waals surface area contributed by atoms with Crippen molar-refractivity contribution in [3.8, 4) is 0 Å². The first-order valence-corrected chi connectivity index (χ1v) is 54.8. The maximum absolute atomic E-state index is 4.25. The summed E-state index contributed by atoms with van der Waals surface area (Å²) in [7, 11) is 0. The molecule has 21 heteroatoms. The molecule has 0 aliphatic rings. The lowest BCUT2D eigenvalue weighted by Crippen LogP contribution is -2.06. The van der Waals surface area contributed by atoms with Crippen LogP contribution in [0.5, 0.6) is 0 Å². The zero-order valence-electron chi connectivity index (χ0n) is 91.2. The van der Waals surface area contributed by atoms with Crippen LogP contribution in [-0.4, -0.2) is 105 Å². The standard InChI is InChI=1S/6C16H31N3.C14H27N3/c2*1-14(2)9-6-5-7-12-19-16(13-17-18-19)11-8-10-15(3)4;2*1-14(2)9-7-5-6-8-12-19-16(13-17-18-19)11-10-15(3)4;2*1-14(2)9-7-5-6-8-10-16-13-19(18-17-16)12-11-15(3)4;1-12(2)8-6-5-7-9-14-11-17(16-15-14)10-13(3)4/h6*13-15H,5-12H2,1-4H3;11-13H,5-10H2,1-4H3. The van der Waals surface area contributed by atoms with Gasteiger partial charge in [0.2, 0.25) is 0 Å². The molecule has 131 heavy (non-hydrogen) atoms. The van der Waals surface area contributed by atoms with Gasteiger partial charge in [-0.25, -0.2) is 18.7 Å². The Bertz CT molecular complexity index is 3360. The van der Waals surface area contributed by atoms with Crippen molar-refractivity contribution in [1.82, 2.24) is 105 Å². The second-order valence-electron chi connectivity index (χ2n) is 44.7. The van der Waals surface area contributed by atoms with Gasteiger partial charge in [0.15, 0.2) is 0 Å². The van der Waals surface area contributed by atoms with Gasteiger partial charge in [0.05, 0.1) is 64.6 Å². The second kappa shape index (κ2) is 80.1. The molecule has 21 nitrogen and oxygen atoms in total. The summed E-state index contributed by atoms with van der Waals surface area (Å²) in [6.45, 7) is 70.9. The van der Waals surface area contributed by atoms with Crippen LogP contribution in [0.2, 0.25) is 0 Å². The van der Waals surface area contributed by atoms with Crippen LogP contribution >= 0.6 is 0 Å². The molecule has 7 aromatic rings. The summed E-state index contributed by atoms with van der Waals surface area (Å²) in [5.74, 6) is 11.1. The number of hydrogen-bond donors (Lipinski definition) is 0. The van der Waals surface area contributed by atoms with Crippen LogP contribution in [0.3, 0.4) is 0 Å². The van der Waals surface area contributed by atoms with Gasteiger partial charge in [0, 0.05) is 64.4 Å². The predicted molar refractivity (Wildman–Crippen MR) is 558 cm³/mol. The van der Waals surface area contributed by atoms with E-state index in [0.29, 0.717) is 5.92 Å². The van der Waals surface area contributed by atoms with E-state index in [0.717, 1.165) is 185 Å². The van der Waals surface area contributed by atoms with E-state index in [1.54, 1.807) is 0 Å². The molecule has 0 atom stereocenters. The summed E-state index contributed by atoms with van der Waals surface area (Å²) in [6, 6.07) is 0. The maximum atomic E-state index is 4.25. The van der Waals surface area contributed by atoms with Gasteiger partial charge in [-0.15, -0.1) is 35.7 Å². The molecule has 0 amide bonds. The first-order valence-electron chi connectivity index (χ1n) is 54.8. The van der Waals surface area contributed by atoms with Gasteiger partial charge in [0.25, 0.3) is 0 Å². The number of rotatable bonds is 68. The number of unbranched alkanes of at least 4 members (excludes halogenated alkanes) is 18. The SMILES string of the molecule is CC(C)CCCCCCc1cn(CCC(C)C)nn1.CC(C)CCCCCCc1cn(CCC(C)C)nn1.CC(C)CCCCCCn1nncc1CCC(C)C.CC(C)CCCCCCn1nncc1CCC(C)C.CC(C)CCCCCc1cn(CC(C)C)nn1.CC(C)CCCCCn1nncc1CCCC(C)C.CC(C)CCCCCn1nncc1CCCC(C)C. The Balaban J connectivity index is 0.000000764. The molecule has 0 aromatic carbocycles. The topological polar surface area (TPSA) is 215 Å². The third-order valence-electron chi connectivity index (χ3n) is 24.1. The lowest BCUT2D eigenvalue weighted by molar-refractivity contribution is 0.472. The van der Waals surface area contributed by atoms with Gasteiger partial charge < -0.3 is 0 Å². The first-order chi connectivity index (χ1) is 62.6. The van der Waals surface area contributed by atoms with E-state index in [9.17, 15) is 0 Å². The lowest BCUT2D eigenvalue weighted by Gasteiger charge is -2.08. The van der Waals surface area contributed by atoms with Crippen molar-refractivity contribution in [2.24, 2.45) is 82.9 Å². The Morgan fingerprint density at radius 3 is 0.634 bits per heavy atom. The van der Waals surface area contributed by atoms with Gasteiger partial charge in [-0.1, -0.05) is 404 Å². The van der Waals surface area contributed by atoms with Gasteiger partial charge in [0.1, 0.15) is 0 Å². The van der Waals surface area contributed by atoms with E-state index in [4.69, 9.17) is 0 Å². The maximum Gasteiger partial charge on any atom is 0.0827 e. The fourth-order valence-electron chi connectivity index (χ4n) is 15.5. The Hall–Kier alpha value is -6.02. The molecule has 7 heterocycles. The third kappa shape index (κ3) is 74.9. The van der Waals surface area contributed by atoms with Crippen molar-refractivity contribution in [3.63, 3.8) is 0 Å². The molecule has 0 saturated carbocycles. The number of aromatic nitrogens is 21. The predicted octanol–water partition coefficient (Wildman–Crippen LogP) is 30.5. The van der Waals surface area contributed by atoms with E-state index < -0.39 is 0 Å². The van der Waals surface area contributed by atoms with Crippen molar-refractivity contribution in [2.45, 2.75) is 541 Å². The molecule has 0 aliphatic heterocycles. The Morgan fingerprint density at radius 1 is 0.176 bits per heavy atom. The first kappa shape index (κ1) is 123. The van der Waals surface area contributed by atoms with Gasteiger partial charge in [-0.3, -0.25) is 14.0 Å². The average Bonchev–Trinajstić information content (AvgIpc) is 1.75. The molecular weight excluding hydrogens is 1620 g/mol. The molecule has 0 radical (unpaired) electrons. The van der Waals surface area contributed by atoms with Crippen molar-refractivity contribution in [3.05, 3.63) is 83.2 Å². The zero-order valence-corrected chi connectivity index (χ0v) is 91.2. The van der Waals surface area contributed by atoms with Crippen LogP contribution in [0.4, 0.5) is 0 Å². The lowest BCUT2D eigenvalue weighted by atomic mass is 10.0. The highest BCUT2D eigenvalue weighted by molar-refractivity contribution is 4.98. The summed E-state index contributed by atoms with van der Waals surface area (Å²) in [6.07, 6.45) is 74.0. The van der Waals surface area contributed by atoms with Gasteiger partial charge in [-0.05, 0) is 211 Å². The zero-order chi connectivity index (χ0) is 97.2. The van der Waals surface area contributed by atoms with E-state index in [1.807, 2.05) is 38.8 Å². The molecule has 758 valence electrons. The number of nitrogens with zero attached hydrogens (tertiary/aromatic N) is 21. The molecule has 0 saturated heterocycles.